The number of benzene rings is 2. The van der Waals surface area contributed by atoms with Crippen molar-refractivity contribution in [2.24, 2.45) is 0 Å². The molecule has 0 radical (unpaired) electrons. The summed E-state index contributed by atoms with van der Waals surface area (Å²) in [5, 5.41) is 10.8. The maximum absolute atomic E-state index is 13.3. The molecule has 3 aromatic rings. The molecular weight excluding hydrogens is 434 g/mol. The second kappa shape index (κ2) is 9.02. The Labute approximate surface area is 191 Å². The number of ether oxygens (including phenoxy) is 3. The van der Waals surface area contributed by atoms with E-state index in [1.807, 2.05) is 7.05 Å². The molecule has 2 aromatic carbocycles. The Kier molecular flexibility index (Phi) is 6.33. The van der Waals surface area contributed by atoms with E-state index in [9.17, 15) is 9.90 Å². The van der Waals surface area contributed by atoms with Crippen LogP contribution in [0, 0.1) is 0 Å². The zero-order chi connectivity index (χ0) is 23.0. The first-order valence-electron chi connectivity index (χ1n) is 10.3. The molecule has 7 nitrogen and oxygen atoms in total. The van der Waals surface area contributed by atoms with Gasteiger partial charge in [0.2, 0.25) is 0 Å². The number of methoxy groups -OCH3 is 3. The van der Waals surface area contributed by atoms with E-state index in [4.69, 9.17) is 30.2 Å². The number of likely N-dealkylation sites (N-methyl/N-ethyl adjacent to an activating group) is 1. The highest BCUT2D eigenvalue weighted by atomic mass is 35.5. The number of aliphatic hydroxyl groups is 1. The standard InChI is InChI=1S/C24H26ClNO6/c1-26-8-7-15(17(26)12-27)22-20(30-3)11-21(31-4)23-18(28)10-19(32-24(22)23)14-6-5-13(29-2)9-16(14)25/h5-6,9-11,15,17,27H,7-8,12H2,1-4H3/t15-,17+/m1/s1. The summed E-state index contributed by atoms with van der Waals surface area (Å²) in [4.78, 5) is 15.4. The molecule has 1 N–H and O–H groups in total. The van der Waals surface area contributed by atoms with Gasteiger partial charge in [0.15, 0.2) is 5.43 Å². The molecular formula is C24H26ClNO6. The first-order chi connectivity index (χ1) is 15.4. The Morgan fingerprint density at radius 2 is 1.88 bits per heavy atom. The summed E-state index contributed by atoms with van der Waals surface area (Å²) in [6.45, 7) is 0.785. The first-order valence-corrected chi connectivity index (χ1v) is 10.7. The van der Waals surface area contributed by atoms with Crippen LogP contribution in [0.15, 0.2) is 39.5 Å². The summed E-state index contributed by atoms with van der Waals surface area (Å²) in [7, 11) is 6.60. The Morgan fingerprint density at radius 1 is 1.12 bits per heavy atom. The molecule has 1 aromatic heterocycles. The predicted octanol–water partition coefficient (Wildman–Crippen LogP) is 3.92. The van der Waals surface area contributed by atoms with Crippen molar-refractivity contribution < 1.29 is 23.7 Å². The van der Waals surface area contributed by atoms with Gasteiger partial charge in [0.1, 0.15) is 34.0 Å². The van der Waals surface area contributed by atoms with E-state index in [0.717, 1.165) is 18.5 Å². The van der Waals surface area contributed by atoms with Gasteiger partial charge in [-0.2, -0.15) is 0 Å². The summed E-state index contributed by atoms with van der Waals surface area (Å²) in [6, 6.07) is 8.18. The van der Waals surface area contributed by atoms with Crippen LogP contribution < -0.4 is 19.6 Å². The summed E-state index contributed by atoms with van der Waals surface area (Å²) in [6.07, 6.45) is 0.788. The molecule has 2 heterocycles. The van der Waals surface area contributed by atoms with Gasteiger partial charge in [-0.3, -0.25) is 4.79 Å². The molecule has 1 aliphatic rings. The number of likely N-dealkylation sites (tertiary alicyclic amines) is 1. The molecule has 0 spiro atoms. The lowest BCUT2D eigenvalue weighted by Crippen LogP contribution is -2.32. The third kappa shape index (κ3) is 3.70. The molecule has 1 fully saturated rings. The van der Waals surface area contributed by atoms with E-state index in [2.05, 4.69) is 4.90 Å². The lowest BCUT2D eigenvalue weighted by molar-refractivity contribution is 0.171. The monoisotopic (exact) mass is 459 g/mol. The molecule has 4 rings (SSSR count). The highest BCUT2D eigenvalue weighted by Crippen LogP contribution is 2.45. The maximum atomic E-state index is 13.3. The minimum Gasteiger partial charge on any atom is -0.497 e. The van der Waals surface area contributed by atoms with Crippen LogP contribution in [0.1, 0.15) is 17.9 Å². The van der Waals surface area contributed by atoms with Crippen LogP contribution in [0.4, 0.5) is 0 Å². The molecule has 2 atom stereocenters. The van der Waals surface area contributed by atoms with Gasteiger partial charge in [-0.15, -0.1) is 0 Å². The fourth-order valence-electron chi connectivity index (χ4n) is 4.55. The molecule has 0 saturated carbocycles. The van der Waals surface area contributed by atoms with Crippen LogP contribution >= 0.6 is 11.6 Å². The summed E-state index contributed by atoms with van der Waals surface area (Å²) in [5.41, 5.74) is 1.45. The van der Waals surface area contributed by atoms with Crippen LogP contribution in [0.2, 0.25) is 5.02 Å². The van der Waals surface area contributed by atoms with Crippen LogP contribution in [0.5, 0.6) is 17.2 Å². The topological polar surface area (TPSA) is 81.4 Å². The lowest BCUT2D eigenvalue weighted by atomic mass is 9.89. The number of nitrogens with zero attached hydrogens (tertiary/aromatic N) is 1. The molecule has 1 aliphatic heterocycles. The van der Waals surface area contributed by atoms with Crippen molar-refractivity contribution in [2.45, 2.75) is 18.4 Å². The molecule has 0 bridgehead atoms. The Hall–Kier alpha value is -2.74. The highest BCUT2D eigenvalue weighted by molar-refractivity contribution is 6.33. The molecule has 0 unspecified atom stereocenters. The summed E-state index contributed by atoms with van der Waals surface area (Å²) >= 11 is 6.46. The van der Waals surface area contributed by atoms with Gasteiger partial charge in [0.05, 0.1) is 33.0 Å². The Balaban J connectivity index is 2.03. The highest BCUT2D eigenvalue weighted by Gasteiger charge is 2.37. The third-order valence-electron chi connectivity index (χ3n) is 6.23. The van der Waals surface area contributed by atoms with Crippen LogP contribution in [-0.2, 0) is 0 Å². The zero-order valence-corrected chi connectivity index (χ0v) is 19.2. The van der Waals surface area contributed by atoms with Gasteiger partial charge in [-0.25, -0.2) is 0 Å². The quantitative estimate of drug-likeness (QED) is 0.598. The number of hydrogen-bond donors (Lipinski definition) is 1. The van der Waals surface area contributed by atoms with Crippen LogP contribution in [0.3, 0.4) is 0 Å². The second-order valence-electron chi connectivity index (χ2n) is 7.85. The van der Waals surface area contributed by atoms with Gasteiger partial charge in [0.25, 0.3) is 0 Å². The van der Waals surface area contributed by atoms with Crippen molar-refractivity contribution in [3.63, 3.8) is 0 Å². The van der Waals surface area contributed by atoms with Gasteiger partial charge in [0, 0.05) is 35.2 Å². The van der Waals surface area contributed by atoms with Gasteiger partial charge < -0.3 is 28.6 Å². The van der Waals surface area contributed by atoms with E-state index in [1.54, 1.807) is 38.5 Å². The van der Waals surface area contributed by atoms with Gasteiger partial charge in [-0.1, -0.05) is 11.6 Å². The van der Waals surface area contributed by atoms with E-state index in [0.29, 0.717) is 44.6 Å². The number of hydrogen-bond acceptors (Lipinski definition) is 7. The summed E-state index contributed by atoms with van der Waals surface area (Å²) in [5.74, 6) is 1.77. The smallest absolute Gasteiger partial charge is 0.197 e. The van der Waals surface area contributed by atoms with Crippen molar-refractivity contribution in [1.29, 1.82) is 0 Å². The van der Waals surface area contributed by atoms with Gasteiger partial charge in [-0.05, 0) is 38.2 Å². The third-order valence-corrected chi connectivity index (χ3v) is 6.54. The molecule has 0 amide bonds. The molecule has 1 saturated heterocycles. The molecule has 0 aliphatic carbocycles. The number of aliphatic hydroxyl groups excluding tert-OH is 1. The number of rotatable bonds is 6. The van der Waals surface area contributed by atoms with Crippen LogP contribution in [-0.4, -0.2) is 57.6 Å². The van der Waals surface area contributed by atoms with Crippen molar-refractivity contribution in [2.75, 3.05) is 41.5 Å². The minimum absolute atomic E-state index is 0.0218. The van der Waals surface area contributed by atoms with E-state index >= 15 is 0 Å². The number of fused-ring (bicyclic) bond motifs is 1. The van der Waals surface area contributed by atoms with Crippen LogP contribution in [0.25, 0.3) is 22.3 Å². The predicted molar refractivity (Wildman–Crippen MR) is 123 cm³/mol. The average molecular weight is 460 g/mol. The second-order valence-corrected chi connectivity index (χ2v) is 8.25. The molecule has 170 valence electrons. The number of halogens is 1. The van der Waals surface area contributed by atoms with E-state index in [1.165, 1.54) is 13.2 Å². The molecule has 8 heteroatoms. The fraction of sp³-hybridized carbons (Fsp3) is 0.375. The first kappa shape index (κ1) is 22.5. The fourth-order valence-corrected chi connectivity index (χ4v) is 4.81. The van der Waals surface area contributed by atoms with Gasteiger partial charge >= 0.3 is 0 Å². The Morgan fingerprint density at radius 3 is 2.50 bits per heavy atom. The van der Waals surface area contributed by atoms with Crippen molar-refractivity contribution in [1.82, 2.24) is 4.90 Å². The van der Waals surface area contributed by atoms with Crippen molar-refractivity contribution in [3.05, 3.63) is 51.1 Å². The largest absolute Gasteiger partial charge is 0.497 e. The maximum Gasteiger partial charge on any atom is 0.197 e. The van der Waals surface area contributed by atoms with Crippen molar-refractivity contribution >= 4 is 22.6 Å². The normalized spacial score (nSPS) is 18.8. The minimum atomic E-state index is -0.249. The van der Waals surface area contributed by atoms with Crippen molar-refractivity contribution in [3.8, 4) is 28.6 Å². The zero-order valence-electron chi connectivity index (χ0n) is 18.5. The SMILES string of the molecule is COc1ccc(-c2cc(=O)c3c(OC)cc(OC)c([C@@H]4CCN(C)[C@H]4CO)c3o2)c(Cl)c1. The average Bonchev–Trinajstić information content (AvgIpc) is 3.17. The van der Waals surface area contributed by atoms with E-state index < -0.39 is 0 Å². The summed E-state index contributed by atoms with van der Waals surface area (Å²) < 4.78 is 22.8. The van der Waals surface area contributed by atoms with E-state index in [-0.39, 0.29) is 24.0 Å². The Bertz CT molecular complexity index is 1210. The molecule has 32 heavy (non-hydrogen) atoms. The lowest BCUT2D eigenvalue weighted by Gasteiger charge is -2.25.